The van der Waals surface area contributed by atoms with Gasteiger partial charge in [0.05, 0.1) is 18.4 Å². The van der Waals surface area contributed by atoms with Gasteiger partial charge < -0.3 is 15.8 Å². The molecule has 5 nitrogen and oxygen atoms in total. The van der Waals surface area contributed by atoms with Crippen molar-refractivity contribution in [2.75, 3.05) is 11.9 Å². The molecular weight excluding hydrogens is 220 g/mol. The number of rotatable bonds is 3. The van der Waals surface area contributed by atoms with Crippen molar-refractivity contribution in [1.29, 1.82) is 0 Å². The van der Waals surface area contributed by atoms with Crippen LogP contribution in [-0.4, -0.2) is 18.4 Å². The highest BCUT2D eigenvalue weighted by Crippen LogP contribution is 2.32. The Kier molecular flexibility index (Phi) is 2.82. The van der Waals surface area contributed by atoms with E-state index >= 15 is 0 Å². The van der Waals surface area contributed by atoms with Crippen molar-refractivity contribution in [1.82, 2.24) is 0 Å². The summed E-state index contributed by atoms with van der Waals surface area (Å²) in [5.41, 5.74) is 7.28. The first-order valence-electron chi connectivity index (χ1n) is 5.21. The predicted octanol–water partition coefficient (Wildman–Crippen LogP) is 1.11. The molecular formula is C12H12N2O3. The van der Waals surface area contributed by atoms with Crippen LogP contribution < -0.4 is 11.1 Å². The minimum atomic E-state index is -0.524. The number of carbonyl (C=O) groups is 2. The van der Waals surface area contributed by atoms with Crippen LogP contribution in [0.5, 0.6) is 0 Å². The molecule has 0 unspecified atom stereocenters. The van der Waals surface area contributed by atoms with E-state index in [1.54, 1.807) is 18.2 Å². The fourth-order valence-electron chi connectivity index (χ4n) is 1.63. The third kappa shape index (κ3) is 1.99. The van der Waals surface area contributed by atoms with Crippen molar-refractivity contribution in [2.45, 2.75) is 6.92 Å². The monoisotopic (exact) mass is 232 g/mol. The molecule has 0 radical (unpaired) electrons. The van der Waals surface area contributed by atoms with Crippen molar-refractivity contribution >= 4 is 23.1 Å². The van der Waals surface area contributed by atoms with Crippen LogP contribution in [0, 0.1) is 0 Å². The van der Waals surface area contributed by atoms with Gasteiger partial charge in [0.15, 0.2) is 0 Å². The lowest BCUT2D eigenvalue weighted by Gasteiger charge is -2.01. The second-order valence-corrected chi connectivity index (χ2v) is 3.57. The number of nitrogens with one attached hydrogen (secondary N) is 1. The Morgan fingerprint density at radius 3 is 2.94 bits per heavy atom. The van der Waals surface area contributed by atoms with Crippen LogP contribution in [0.2, 0.25) is 0 Å². The Bertz CT molecular complexity index is 520. The summed E-state index contributed by atoms with van der Waals surface area (Å²) in [5, 5.41) is 2.66. The third-order valence-electron chi connectivity index (χ3n) is 2.45. The first kappa shape index (κ1) is 11.2. The van der Waals surface area contributed by atoms with Gasteiger partial charge in [0.1, 0.15) is 0 Å². The smallest absolute Gasteiger partial charge is 0.259 e. The zero-order chi connectivity index (χ0) is 12.4. The lowest BCUT2D eigenvalue weighted by Crippen LogP contribution is -2.11. The van der Waals surface area contributed by atoms with Crippen LogP contribution in [0.4, 0.5) is 5.69 Å². The quantitative estimate of drug-likeness (QED) is 0.605. The average molecular weight is 232 g/mol. The van der Waals surface area contributed by atoms with Crippen molar-refractivity contribution in [3.8, 4) is 0 Å². The zero-order valence-electron chi connectivity index (χ0n) is 9.32. The molecule has 0 saturated heterocycles. The van der Waals surface area contributed by atoms with E-state index < -0.39 is 5.91 Å². The summed E-state index contributed by atoms with van der Waals surface area (Å²) in [6, 6.07) is 4.82. The number of hydrogen-bond donors (Lipinski definition) is 2. The summed E-state index contributed by atoms with van der Waals surface area (Å²) >= 11 is 0. The maximum absolute atomic E-state index is 11.6. The molecule has 0 saturated carbocycles. The van der Waals surface area contributed by atoms with Crippen molar-refractivity contribution in [2.24, 2.45) is 5.73 Å². The third-order valence-corrected chi connectivity index (χ3v) is 2.45. The molecule has 0 aromatic heterocycles. The Hall–Kier alpha value is -2.30. The number of primary amides is 1. The SMILES string of the molecule is CCOC=C1C(=O)Nc2cc(C(N)=O)ccc21. The molecule has 1 aliphatic rings. The summed E-state index contributed by atoms with van der Waals surface area (Å²) in [6.07, 6.45) is 1.42. The second-order valence-electron chi connectivity index (χ2n) is 3.57. The highest BCUT2D eigenvalue weighted by Gasteiger charge is 2.25. The predicted molar refractivity (Wildman–Crippen MR) is 63.2 cm³/mol. The van der Waals surface area contributed by atoms with Gasteiger partial charge in [0, 0.05) is 16.8 Å². The largest absolute Gasteiger partial charge is 0.501 e. The summed E-state index contributed by atoms with van der Waals surface area (Å²) in [5.74, 6) is -0.764. The van der Waals surface area contributed by atoms with Gasteiger partial charge in [0.2, 0.25) is 5.91 Å². The number of anilines is 1. The standard InChI is InChI=1S/C12H12N2O3/c1-2-17-6-9-8-4-3-7(11(13)15)5-10(8)14-12(9)16/h3-6H,2H2,1H3,(H2,13,15)(H,14,16). The first-order chi connectivity index (χ1) is 8.13. The number of fused-ring (bicyclic) bond motifs is 1. The summed E-state index contributed by atoms with van der Waals surface area (Å²) in [6.45, 7) is 2.33. The van der Waals surface area contributed by atoms with E-state index in [1.807, 2.05) is 6.92 Å². The molecule has 1 aliphatic heterocycles. The molecule has 1 aromatic carbocycles. The molecule has 17 heavy (non-hydrogen) atoms. The number of ether oxygens (including phenoxy) is 1. The van der Waals surface area contributed by atoms with E-state index in [9.17, 15) is 9.59 Å². The topological polar surface area (TPSA) is 81.4 Å². The number of amides is 2. The number of benzene rings is 1. The van der Waals surface area contributed by atoms with E-state index in [0.717, 1.165) is 0 Å². The molecule has 1 heterocycles. The Labute approximate surface area is 98.3 Å². The number of hydrogen-bond acceptors (Lipinski definition) is 3. The zero-order valence-corrected chi connectivity index (χ0v) is 9.32. The normalized spacial score (nSPS) is 15.6. The van der Waals surface area contributed by atoms with E-state index in [0.29, 0.717) is 29.0 Å². The highest BCUT2D eigenvalue weighted by atomic mass is 16.5. The van der Waals surface area contributed by atoms with Gasteiger partial charge >= 0.3 is 0 Å². The van der Waals surface area contributed by atoms with Crippen LogP contribution in [0.25, 0.3) is 5.57 Å². The van der Waals surface area contributed by atoms with Gasteiger partial charge in [0.25, 0.3) is 5.91 Å². The maximum atomic E-state index is 11.6. The van der Waals surface area contributed by atoms with Gasteiger partial charge in [-0.15, -0.1) is 0 Å². The Morgan fingerprint density at radius 2 is 2.29 bits per heavy atom. The minimum Gasteiger partial charge on any atom is -0.501 e. The van der Waals surface area contributed by atoms with Crippen LogP contribution in [0.3, 0.4) is 0 Å². The van der Waals surface area contributed by atoms with Gasteiger partial charge in [-0.25, -0.2) is 0 Å². The number of carbonyl (C=O) groups excluding carboxylic acids is 2. The Balaban J connectivity index is 2.42. The van der Waals surface area contributed by atoms with E-state index in [1.165, 1.54) is 6.26 Å². The molecule has 2 amide bonds. The molecule has 2 rings (SSSR count). The van der Waals surface area contributed by atoms with Gasteiger partial charge in [-0.3, -0.25) is 9.59 Å². The molecule has 3 N–H and O–H groups in total. The average Bonchev–Trinajstić information content (AvgIpc) is 2.61. The van der Waals surface area contributed by atoms with Crippen molar-refractivity contribution in [3.05, 3.63) is 35.6 Å². The van der Waals surface area contributed by atoms with Crippen molar-refractivity contribution < 1.29 is 14.3 Å². The van der Waals surface area contributed by atoms with Crippen LogP contribution in [0.15, 0.2) is 24.5 Å². The summed E-state index contributed by atoms with van der Waals surface area (Å²) in [7, 11) is 0. The lowest BCUT2D eigenvalue weighted by molar-refractivity contribution is -0.110. The highest BCUT2D eigenvalue weighted by molar-refractivity contribution is 6.31. The molecule has 1 aromatic rings. The van der Waals surface area contributed by atoms with E-state index in [4.69, 9.17) is 10.5 Å². The molecule has 0 fully saturated rings. The summed E-state index contributed by atoms with van der Waals surface area (Å²) < 4.78 is 5.11. The fraction of sp³-hybridized carbons (Fsp3) is 0.167. The molecule has 5 heteroatoms. The van der Waals surface area contributed by atoms with Gasteiger partial charge in [-0.05, 0) is 19.1 Å². The summed E-state index contributed by atoms with van der Waals surface area (Å²) in [4.78, 5) is 22.6. The molecule has 0 aliphatic carbocycles. The molecule has 0 spiro atoms. The maximum Gasteiger partial charge on any atom is 0.259 e. The fourth-order valence-corrected chi connectivity index (χ4v) is 1.63. The van der Waals surface area contributed by atoms with E-state index in [-0.39, 0.29) is 5.91 Å². The molecule has 88 valence electrons. The minimum absolute atomic E-state index is 0.241. The van der Waals surface area contributed by atoms with Crippen LogP contribution in [-0.2, 0) is 9.53 Å². The van der Waals surface area contributed by atoms with Crippen molar-refractivity contribution in [3.63, 3.8) is 0 Å². The first-order valence-corrected chi connectivity index (χ1v) is 5.21. The lowest BCUT2D eigenvalue weighted by atomic mass is 10.1. The molecule has 0 atom stereocenters. The Morgan fingerprint density at radius 1 is 1.53 bits per heavy atom. The second kappa shape index (κ2) is 4.29. The molecule has 0 bridgehead atoms. The number of nitrogens with two attached hydrogens (primary N) is 1. The van der Waals surface area contributed by atoms with Gasteiger partial charge in [-0.2, -0.15) is 0 Å². The van der Waals surface area contributed by atoms with Gasteiger partial charge in [-0.1, -0.05) is 6.07 Å². The van der Waals surface area contributed by atoms with E-state index in [2.05, 4.69) is 5.32 Å². The van der Waals surface area contributed by atoms with Crippen LogP contribution >= 0.6 is 0 Å². The van der Waals surface area contributed by atoms with Crippen LogP contribution in [0.1, 0.15) is 22.8 Å².